The lowest BCUT2D eigenvalue weighted by atomic mass is 9.95. The Kier molecular flexibility index (Phi) is 10.1. The van der Waals surface area contributed by atoms with E-state index < -0.39 is 28.5 Å². The van der Waals surface area contributed by atoms with Gasteiger partial charge in [0.15, 0.2) is 0 Å². The van der Waals surface area contributed by atoms with E-state index >= 15 is 0 Å². The predicted molar refractivity (Wildman–Crippen MR) is 163 cm³/mol. The van der Waals surface area contributed by atoms with Crippen LogP contribution in [0.1, 0.15) is 55.7 Å². The van der Waals surface area contributed by atoms with Crippen LogP contribution in [0.25, 0.3) is 0 Å². The summed E-state index contributed by atoms with van der Waals surface area (Å²) in [5, 5.41) is 3.52. The van der Waals surface area contributed by atoms with E-state index in [-0.39, 0.29) is 23.4 Å². The summed E-state index contributed by atoms with van der Waals surface area (Å²) in [5.41, 5.74) is 2.71. The molecule has 1 aliphatic carbocycles. The number of hydrogen-bond donors (Lipinski definition) is 1. The Balaban J connectivity index is 1.71. The van der Waals surface area contributed by atoms with Gasteiger partial charge in [-0.15, -0.1) is 0 Å². The number of amides is 2. The fourth-order valence-electron chi connectivity index (χ4n) is 5.22. The molecule has 0 bridgehead atoms. The van der Waals surface area contributed by atoms with Crippen LogP contribution in [-0.4, -0.2) is 43.8 Å². The lowest BCUT2D eigenvalue weighted by Crippen LogP contribution is -2.53. The molecule has 0 heterocycles. The van der Waals surface area contributed by atoms with Crippen molar-refractivity contribution in [2.75, 3.05) is 10.8 Å². The Morgan fingerprint density at radius 1 is 0.927 bits per heavy atom. The maximum absolute atomic E-state index is 14.2. The van der Waals surface area contributed by atoms with Gasteiger partial charge in [0.1, 0.15) is 12.6 Å². The molecule has 9 heteroatoms. The van der Waals surface area contributed by atoms with Gasteiger partial charge in [0.25, 0.3) is 10.0 Å². The van der Waals surface area contributed by atoms with Crippen molar-refractivity contribution in [1.82, 2.24) is 10.2 Å². The van der Waals surface area contributed by atoms with Crippen molar-refractivity contribution in [3.63, 3.8) is 0 Å². The molecule has 1 N–H and O–H groups in total. The summed E-state index contributed by atoms with van der Waals surface area (Å²) >= 11 is 6.39. The summed E-state index contributed by atoms with van der Waals surface area (Å²) in [4.78, 5) is 29.1. The SMILES string of the molecule is Cc1ccccc1CN(C(=O)CN(c1cccc(Cl)c1C)S(=O)(=O)c1ccccc1)C(C)C(=O)NC1CCCCC1. The highest BCUT2D eigenvalue weighted by Crippen LogP contribution is 2.31. The molecule has 3 aromatic rings. The Morgan fingerprint density at radius 2 is 1.59 bits per heavy atom. The maximum atomic E-state index is 14.2. The van der Waals surface area contributed by atoms with E-state index in [0.717, 1.165) is 47.5 Å². The van der Waals surface area contributed by atoms with Gasteiger partial charge in [-0.05, 0) is 74.6 Å². The Hall–Kier alpha value is -3.36. The Bertz CT molecular complexity index is 1470. The van der Waals surface area contributed by atoms with Crippen LogP contribution in [0.4, 0.5) is 5.69 Å². The second-order valence-electron chi connectivity index (χ2n) is 10.7. The zero-order valence-corrected chi connectivity index (χ0v) is 25.4. The number of benzene rings is 3. The van der Waals surface area contributed by atoms with Crippen LogP contribution >= 0.6 is 11.6 Å². The van der Waals surface area contributed by atoms with Crippen LogP contribution < -0.4 is 9.62 Å². The molecule has 3 aromatic carbocycles. The summed E-state index contributed by atoms with van der Waals surface area (Å²) in [6.07, 6.45) is 5.13. The topological polar surface area (TPSA) is 86.8 Å². The van der Waals surface area contributed by atoms with E-state index in [1.54, 1.807) is 50.2 Å². The highest BCUT2D eigenvalue weighted by Gasteiger charge is 2.34. The molecule has 1 unspecified atom stereocenters. The largest absolute Gasteiger partial charge is 0.352 e. The van der Waals surface area contributed by atoms with Crippen molar-refractivity contribution in [2.45, 2.75) is 76.4 Å². The third-order valence-electron chi connectivity index (χ3n) is 7.84. The quantitative estimate of drug-likeness (QED) is 0.311. The van der Waals surface area contributed by atoms with Crippen molar-refractivity contribution < 1.29 is 18.0 Å². The molecule has 1 fully saturated rings. The van der Waals surface area contributed by atoms with Gasteiger partial charge in [-0.25, -0.2) is 8.42 Å². The summed E-state index contributed by atoms with van der Waals surface area (Å²) in [6.45, 7) is 5.05. The summed E-state index contributed by atoms with van der Waals surface area (Å²) in [7, 11) is -4.14. The highest BCUT2D eigenvalue weighted by molar-refractivity contribution is 7.92. The molecule has 7 nitrogen and oxygen atoms in total. The molecule has 0 radical (unpaired) electrons. The first-order chi connectivity index (χ1) is 19.6. The van der Waals surface area contributed by atoms with E-state index in [0.29, 0.717) is 16.3 Å². The lowest BCUT2D eigenvalue weighted by molar-refractivity contribution is -0.139. The average molecular weight is 596 g/mol. The highest BCUT2D eigenvalue weighted by atomic mass is 35.5. The molecule has 218 valence electrons. The normalized spacial score (nSPS) is 14.7. The van der Waals surface area contributed by atoms with Gasteiger partial charge in [-0.1, -0.05) is 79.4 Å². The molecule has 1 atom stereocenters. The monoisotopic (exact) mass is 595 g/mol. The lowest BCUT2D eigenvalue weighted by Gasteiger charge is -2.34. The molecule has 0 aliphatic heterocycles. The van der Waals surface area contributed by atoms with Gasteiger partial charge >= 0.3 is 0 Å². The van der Waals surface area contributed by atoms with Crippen LogP contribution in [0.15, 0.2) is 77.7 Å². The minimum absolute atomic E-state index is 0.0562. The molecular formula is C32H38ClN3O4S. The van der Waals surface area contributed by atoms with E-state index in [9.17, 15) is 18.0 Å². The average Bonchev–Trinajstić information content (AvgIpc) is 2.97. The van der Waals surface area contributed by atoms with Gasteiger partial charge in [0.2, 0.25) is 11.8 Å². The molecule has 4 rings (SSSR count). The number of anilines is 1. The van der Waals surface area contributed by atoms with Gasteiger partial charge in [-0.3, -0.25) is 13.9 Å². The number of sulfonamides is 1. The number of carbonyl (C=O) groups excluding carboxylic acids is 2. The number of halogens is 1. The molecule has 2 amide bonds. The minimum Gasteiger partial charge on any atom is -0.352 e. The number of nitrogens with zero attached hydrogens (tertiary/aromatic N) is 2. The van der Waals surface area contributed by atoms with E-state index in [2.05, 4.69) is 5.32 Å². The second-order valence-corrected chi connectivity index (χ2v) is 12.9. The Labute approximate surface area is 248 Å². The molecular weight excluding hydrogens is 558 g/mol. The number of hydrogen-bond acceptors (Lipinski definition) is 4. The van der Waals surface area contributed by atoms with Crippen molar-refractivity contribution >= 4 is 39.1 Å². The van der Waals surface area contributed by atoms with Crippen LogP contribution in [0.2, 0.25) is 5.02 Å². The molecule has 0 saturated heterocycles. The minimum atomic E-state index is -4.14. The van der Waals surface area contributed by atoms with Gasteiger partial charge in [0.05, 0.1) is 10.6 Å². The summed E-state index contributed by atoms with van der Waals surface area (Å²) in [6, 6.07) is 19.9. The Morgan fingerprint density at radius 3 is 2.27 bits per heavy atom. The maximum Gasteiger partial charge on any atom is 0.264 e. The summed E-state index contributed by atoms with van der Waals surface area (Å²) < 4.78 is 29.0. The zero-order valence-electron chi connectivity index (χ0n) is 23.8. The van der Waals surface area contributed by atoms with Crippen LogP contribution in [0, 0.1) is 13.8 Å². The van der Waals surface area contributed by atoms with Gasteiger partial charge in [0, 0.05) is 17.6 Å². The first-order valence-electron chi connectivity index (χ1n) is 14.1. The smallest absolute Gasteiger partial charge is 0.264 e. The molecule has 41 heavy (non-hydrogen) atoms. The number of rotatable bonds is 10. The third kappa shape index (κ3) is 7.29. The van der Waals surface area contributed by atoms with Crippen LogP contribution in [-0.2, 0) is 26.2 Å². The fourth-order valence-corrected chi connectivity index (χ4v) is 6.88. The van der Waals surface area contributed by atoms with Crippen LogP contribution in [0.3, 0.4) is 0 Å². The fraction of sp³-hybridized carbons (Fsp3) is 0.375. The van der Waals surface area contributed by atoms with E-state index in [1.807, 2.05) is 31.2 Å². The van der Waals surface area contributed by atoms with Crippen molar-refractivity contribution in [1.29, 1.82) is 0 Å². The molecule has 0 spiro atoms. The standard InChI is InChI=1S/C32H38ClN3O4S/c1-23-13-10-11-14-26(23)21-35(25(3)32(38)34-27-15-6-4-7-16-27)31(37)22-36(30-20-12-19-29(33)24(30)2)41(39,40)28-17-8-5-9-18-28/h5,8-14,17-20,25,27H,4,6-7,15-16,21-22H2,1-3H3,(H,34,38). The zero-order chi connectivity index (χ0) is 29.6. The van der Waals surface area contributed by atoms with E-state index in [1.165, 1.54) is 17.0 Å². The summed E-state index contributed by atoms with van der Waals surface area (Å²) in [5.74, 6) is -0.728. The van der Waals surface area contributed by atoms with Crippen molar-refractivity contribution in [3.8, 4) is 0 Å². The first kappa shape index (κ1) is 30.6. The van der Waals surface area contributed by atoms with Crippen LogP contribution in [0.5, 0.6) is 0 Å². The molecule has 0 aromatic heterocycles. The van der Waals surface area contributed by atoms with Gasteiger partial charge < -0.3 is 10.2 Å². The first-order valence-corrected chi connectivity index (χ1v) is 15.9. The molecule has 1 saturated carbocycles. The third-order valence-corrected chi connectivity index (χ3v) is 10.0. The van der Waals surface area contributed by atoms with Crippen molar-refractivity contribution in [3.05, 3.63) is 94.5 Å². The predicted octanol–water partition coefficient (Wildman–Crippen LogP) is 6.02. The number of nitrogens with one attached hydrogen (secondary N) is 1. The number of aryl methyl sites for hydroxylation is 1. The molecule has 1 aliphatic rings. The second kappa shape index (κ2) is 13.5. The number of carbonyl (C=O) groups is 2. The van der Waals surface area contributed by atoms with Gasteiger partial charge in [-0.2, -0.15) is 0 Å². The van der Waals surface area contributed by atoms with Crippen molar-refractivity contribution in [2.24, 2.45) is 0 Å². The van der Waals surface area contributed by atoms with E-state index in [4.69, 9.17) is 11.6 Å².